The van der Waals surface area contributed by atoms with Crippen LogP contribution >= 0.6 is 11.8 Å². The fourth-order valence-electron chi connectivity index (χ4n) is 15.8. The van der Waals surface area contributed by atoms with Gasteiger partial charge in [0.05, 0.1) is 25.3 Å². The highest BCUT2D eigenvalue weighted by molar-refractivity contribution is 8.00. The second-order valence-corrected chi connectivity index (χ2v) is 34.4. The van der Waals surface area contributed by atoms with Gasteiger partial charge in [-0.05, 0) is 109 Å². The number of carboxylic acid groups (broad SMARTS) is 1. The van der Waals surface area contributed by atoms with Gasteiger partial charge in [0, 0.05) is 96.1 Å². The molecular formula is C94H118N16O19S. The van der Waals surface area contributed by atoms with Gasteiger partial charge in [0.2, 0.25) is 88.6 Å². The maximum Gasteiger partial charge on any atom is 0.305 e. The van der Waals surface area contributed by atoms with Gasteiger partial charge in [0.25, 0.3) is 0 Å². The normalized spacial score (nSPS) is 22.9. The highest BCUT2D eigenvalue weighted by Gasteiger charge is 2.44. The van der Waals surface area contributed by atoms with Crippen LogP contribution in [-0.4, -0.2) is 271 Å². The largest absolute Gasteiger partial charge is 0.508 e. The average molecular weight is 1810 g/mol. The lowest BCUT2D eigenvalue weighted by Crippen LogP contribution is -2.62. The molecule has 3 heterocycles. The summed E-state index contributed by atoms with van der Waals surface area (Å²) in [4.78, 5) is 245. The number of aliphatic carboxylic acids is 1. The fraction of sp³-hybridized carbons (Fsp3) is 0.426. The van der Waals surface area contributed by atoms with Crippen LogP contribution in [-0.2, 0) is 115 Å². The van der Waals surface area contributed by atoms with Crippen molar-refractivity contribution >= 4 is 117 Å². The Morgan fingerprint density at radius 3 is 1.55 bits per heavy atom. The molecule has 36 heteroatoms. The first-order valence-electron chi connectivity index (χ1n) is 43.4. The van der Waals surface area contributed by atoms with Gasteiger partial charge in [0.15, 0.2) is 0 Å². The lowest BCUT2D eigenvalue weighted by Gasteiger charge is -2.38. The van der Waals surface area contributed by atoms with Crippen molar-refractivity contribution in [2.24, 2.45) is 11.7 Å². The number of carbonyl (C=O) groups is 16. The van der Waals surface area contributed by atoms with Gasteiger partial charge < -0.3 is 98.4 Å². The third kappa shape index (κ3) is 29.2. The summed E-state index contributed by atoms with van der Waals surface area (Å²) in [5, 5.41) is 55.9. The number of benzene rings is 6. The van der Waals surface area contributed by atoms with E-state index in [2.05, 4.69) is 52.8 Å². The van der Waals surface area contributed by atoms with E-state index in [0.717, 1.165) is 21.6 Å². The molecule has 0 spiro atoms. The number of aromatic amines is 1. The number of fused-ring (bicyclic) bond motifs is 2. The van der Waals surface area contributed by atoms with Crippen LogP contribution in [0.5, 0.6) is 11.5 Å². The SMILES string of the molecule is CCCC[C@H]1C(=O)N(C)CC(=O)N[C@@H](CC(=O)O)C(=O)N[C@@H](C)C(=O)N(C)[C@@H](Cc2ccccc2)C(=O)N[C@@H](Cc2ccc(O)cc2)C(=O)N2CCCC[C@@H]2C(=O)N[C@@H](Cc2c[nH]c3ccccc23)C(=O)N[C@@H](Cc2ccc(O)cc2)C(=O)N[C@@H](CC(C)C)C(=O)N[C@H](C(=O)NCC(N)=O)CSCC(=O)N[C@@H](Cc2ccccc2)C(=O)N(C)[C@@H](Cc2ccccc2)C(=O)N1C. The fourth-order valence-corrected chi connectivity index (χ4v) is 16.6. The number of aromatic nitrogens is 1. The maximum atomic E-state index is 15.8. The van der Waals surface area contributed by atoms with Gasteiger partial charge in [-0.15, -0.1) is 11.8 Å². The van der Waals surface area contributed by atoms with E-state index in [-0.39, 0.29) is 87.5 Å². The van der Waals surface area contributed by atoms with Crippen LogP contribution in [0.25, 0.3) is 10.9 Å². The number of amides is 15. The smallest absolute Gasteiger partial charge is 0.305 e. The number of para-hydroxylation sites is 1. The van der Waals surface area contributed by atoms with Crippen molar-refractivity contribution in [1.29, 1.82) is 0 Å². The third-order valence-corrected chi connectivity index (χ3v) is 23.9. The first-order chi connectivity index (χ1) is 62.0. The molecule has 2 aliphatic rings. The van der Waals surface area contributed by atoms with E-state index in [0.29, 0.717) is 70.0 Å². The van der Waals surface area contributed by atoms with E-state index in [4.69, 9.17) is 5.73 Å². The van der Waals surface area contributed by atoms with Crippen molar-refractivity contribution in [1.82, 2.24) is 77.3 Å². The zero-order valence-electron chi connectivity index (χ0n) is 74.2. The molecule has 15 N–H and O–H groups in total. The monoisotopic (exact) mass is 1810 g/mol. The second kappa shape index (κ2) is 48.5. The van der Waals surface area contributed by atoms with E-state index in [9.17, 15) is 53.7 Å². The van der Waals surface area contributed by atoms with Gasteiger partial charge >= 0.3 is 5.97 Å². The van der Waals surface area contributed by atoms with Crippen LogP contribution in [0.1, 0.15) is 112 Å². The van der Waals surface area contributed by atoms with E-state index in [1.807, 2.05) is 6.92 Å². The quantitative estimate of drug-likeness (QED) is 0.0464. The number of unbranched alkanes of at least 4 members (excludes halogenated alkanes) is 1. The molecule has 0 radical (unpaired) electrons. The number of nitrogens with one attached hydrogen (secondary N) is 10. The van der Waals surface area contributed by atoms with Gasteiger partial charge in [0.1, 0.15) is 84.0 Å². The summed E-state index contributed by atoms with van der Waals surface area (Å²) in [5.74, 6) is -16.3. The number of rotatable bonds is 22. The molecule has 0 aliphatic carbocycles. The average Bonchev–Trinajstić information content (AvgIpc) is 1.57. The first-order valence-corrected chi connectivity index (χ1v) is 44.6. The van der Waals surface area contributed by atoms with Crippen LogP contribution in [0.3, 0.4) is 0 Å². The number of hydrogen-bond donors (Lipinski definition) is 14. The zero-order valence-corrected chi connectivity index (χ0v) is 75.0. The van der Waals surface area contributed by atoms with Gasteiger partial charge in [-0.25, -0.2) is 0 Å². The summed E-state index contributed by atoms with van der Waals surface area (Å²) < 4.78 is 0. The molecule has 0 saturated carbocycles. The summed E-state index contributed by atoms with van der Waals surface area (Å²) in [7, 11) is 5.27. The minimum atomic E-state index is -1.89. The van der Waals surface area contributed by atoms with Crippen LogP contribution in [0.15, 0.2) is 170 Å². The molecule has 7 aromatic rings. The Bertz CT molecular complexity index is 5130. The molecule has 15 amide bonds. The highest BCUT2D eigenvalue weighted by atomic mass is 32.2. The number of nitrogens with two attached hydrogens (primary N) is 1. The molecule has 1 aromatic heterocycles. The van der Waals surface area contributed by atoms with Gasteiger partial charge in [-0.1, -0.05) is 167 Å². The highest BCUT2D eigenvalue weighted by Crippen LogP contribution is 2.27. The molecule has 9 rings (SSSR count). The number of nitrogens with zero attached hydrogens (tertiary/aromatic N) is 5. The van der Waals surface area contributed by atoms with Crippen molar-refractivity contribution in [3.63, 3.8) is 0 Å². The molecule has 2 fully saturated rings. The van der Waals surface area contributed by atoms with Crippen LogP contribution in [0.4, 0.5) is 0 Å². The van der Waals surface area contributed by atoms with Crippen molar-refractivity contribution in [3.8, 4) is 11.5 Å². The first kappa shape index (κ1) is 100. The van der Waals surface area contributed by atoms with Gasteiger partial charge in [-0.2, -0.15) is 0 Å². The number of thioether (sulfide) groups is 1. The summed E-state index contributed by atoms with van der Waals surface area (Å²) in [6, 6.07) is 26.3. The molecule has 0 unspecified atom stereocenters. The van der Waals surface area contributed by atoms with Crippen molar-refractivity contribution in [3.05, 3.63) is 203 Å². The Hall–Kier alpha value is -13.7. The van der Waals surface area contributed by atoms with E-state index >= 15 is 38.4 Å². The van der Waals surface area contributed by atoms with E-state index in [1.54, 1.807) is 135 Å². The van der Waals surface area contributed by atoms with Crippen molar-refractivity contribution in [2.75, 3.05) is 59.3 Å². The zero-order chi connectivity index (χ0) is 94.4. The van der Waals surface area contributed by atoms with Crippen molar-refractivity contribution in [2.45, 2.75) is 190 Å². The lowest BCUT2D eigenvalue weighted by atomic mass is 9.96. The number of aromatic hydroxyl groups is 2. The Morgan fingerprint density at radius 1 is 0.492 bits per heavy atom. The number of carboxylic acids is 1. The summed E-state index contributed by atoms with van der Waals surface area (Å²) >= 11 is 0.834. The van der Waals surface area contributed by atoms with Crippen LogP contribution in [0.2, 0.25) is 0 Å². The minimum absolute atomic E-state index is 0.0315. The maximum absolute atomic E-state index is 15.8. The van der Waals surface area contributed by atoms with E-state index < -0.39 is 192 Å². The standard InChI is InChI=1S/C94H118N16O19S/c1-9-10-32-76-93(128)106(5)53-80(114)99-71(50-82(116)117)84(119)98-57(4)90(125)108(7)77(47-59-26-16-12-17-27-59)89(124)104-73(46-62-36-40-65(112)41-37-62)92(127)110-42-23-22-33-75(110)88(123)103-70(49-63-51-96-67-31-21-20-30-66(63)67)87(122)102-69(44-61-34-38-64(111)39-35-61)86(121)101-68(43-56(2)3)85(120)105-74(83(118)97-52-79(95)113)54-130-55-81(115)100-72(45-58-24-14-11-15-25-58)91(126)109(8)78(94(129)107(76)6)48-60-28-18-13-19-29-60/h11-21,24-31,34-41,51,56-57,68-78,96,111-112H,9-10,22-23,32-33,42-50,52-55H2,1-8H3,(H2,95,113)(H,97,118)(H,98,119)(H,99,114)(H,100,115)(H,101,121)(H,102,122)(H,103,123)(H,104,124)(H,105,120)(H,116,117)/t57-,68-,69-,70-,71-,72-,73-,74-,75+,76-,77-,78-/m0/s1. The number of phenols is 2. The van der Waals surface area contributed by atoms with Crippen LogP contribution in [0, 0.1) is 5.92 Å². The third-order valence-electron chi connectivity index (χ3n) is 22.9. The predicted molar refractivity (Wildman–Crippen MR) is 485 cm³/mol. The number of hydrogen-bond acceptors (Lipinski definition) is 19. The number of carbonyl (C=O) groups excluding carboxylic acids is 15. The Morgan fingerprint density at radius 2 is 0.977 bits per heavy atom. The minimum Gasteiger partial charge on any atom is -0.508 e. The number of H-pyrrole nitrogens is 1. The topological polar surface area (TPSA) is 500 Å². The molecule has 6 aromatic carbocycles. The van der Waals surface area contributed by atoms with Gasteiger partial charge in [-0.3, -0.25) is 76.7 Å². The Balaban J connectivity index is 1.12. The Labute approximate surface area is 758 Å². The number of phenolic OH excluding ortho intramolecular Hbond substituents is 2. The molecule has 130 heavy (non-hydrogen) atoms. The molecule has 694 valence electrons. The second-order valence-electron chi connectivity index (χ2n) is 33.4. The molecule has 35 nitrogen and oxygen atoms in total. The predicted octanol–water partition coefficient (Wildman–Crippen LogP) is 2.61. The summed E-state index contributed by atoms with van der Waals surface area (Å²) in [5.41, 5.74) is 9.21. The number of likely N-dealkylation sites (N-methyl/N-ethyl adjacent to an activating group) is 4. The lowest BCUT2D eigenvalue weighted by molar-refractivity contribution is -0.151. The summed E-state index contributed by atoms with van der Waals surface area (Å²) in [6.45, 7) is 5.08. The molecule has 0 bridgehead atoms. The van der Waals surface area contributed by atoms with Crippen LogP contribution < -0.4 is 53.6 Å². The summed E-state index contributed by atoms with van der Waals surface area (Å²) in [6.07, 6.45) is 0.993. The number of primary amides is 1. The van der Waals surface area contributed by atoms with E-state index in [1.165, 1.54) is 98.3 Å². The molecule has 2 aliphatic heterocycles. The number of piperidine rings is 1. The van der Waals surface area contributed by atoms with Crippen molar-refractivity contribution < 1.29 is 92.0 Å². The Kier molecular flexibility index (Phi) is 37.3. The molecular weight excluding hydrogens is 1690 g/mol. The molecule has 12 atom stereocenters. The molecule has 2 saturated heterocycles.